The van der Waals surface area contributed by atoms with E-state index in [0.29, 0.717) is 6.42 Å². The Kier molecular flexibility index (Phi) is 5.08. The van der Waals surface area contributed by atoms with E-state index < -0.39 is 11.9 Å². The van der Waals surface area contributed by atoms with Crippen LogP contribution in [0.25, 0.3) is 21.9 Å². The van der Waals surface area contributed by atoms with Crippen LogP contribution in [0.15, 0.2) is 54.6 Å². The van der Waals surface area contributed by atoms with E-state index in [0.717, 1.165) is 52.7 Å². The molecule has 1 heterocycles. The van der Waals surface area contributed by atoms with Gasteiger partial charge in [-0.3, -0.25) is 4.79 Å². The third-order valence-electron chi connectivity index (χ3n) is 5.65. The van der Waals surface area contributed by atoms with Crippen LogP contribution < -0.4 is 4.74 Å². The molecule has 1 atom stereocenters. The molecule has 1 aliphatic rings. The Balaban J connectivity index is 1.95. The molecule has 0 aromatic heterocycles. The fourth-order valence-corrected chi connectivity index (χ4v) is 4.38. The van der Waals surface area contributed by atoms with Crippen molar-refractivity contribution in [3.63, 3.8) is 0 Å². The normalized spacial score (nSPS) is 14.9. The van der Waals surface area contributed by atoms with Gasteiger partial charge < -0.3 is 9.84 Å². The van der Waals surface area contributed by atoms with Gasteiger partial charge in [-0.2, -0.15) is 0 Å². The fourth-order valence-electron chi connectivity index (χ4n) is 4.38. The number of carboxylic acid groups (broad SMARTS) is 1. The summed E-state index contributed by atoms with van der Waals surface area (Å²) in [5.41, 5.74) is 4.10. The summed E-state index contributed by atoms with van der Waals surface area (Å²) in [6.45, 7) is 7.07. The van der Waals surface area contributed by atoms with E-state index in [1.54, 1.807) is 0 Å². The molecular formula is C26H28O3. The van der Waals surface area contributed by atoms with E-state index in [-0.39, 0.29) is 5.41 Å². The van der Waals surface area contributed by atoms with Crippen molar-refractivity contribution in [2.24, 2.45) is 5.41 Å². The summed E-state index contributed by atoms with van der Waals surface area (Å²) >= 11 is 0. The molecule has 0 radical (unpaired) electrons. The van der Waals surface area contributed by atoms with Gasteiger partial charge in [0.25, 0.3) is 0 Å². The molecule has 4 rings (SSSR count). The molecule has 0 aliphatic carbocycles. The highest BCUT2D eigenvalue weighted by atomic mass is 16.5. The Morgan fingerprint density at radius 1 is 1.10 bits per heavy atom. The molecule has 3 aromatic rings. The zero-order chi connectivity index (χ0) is 20.6. The lowest BCUT2D eigenvalue weighted by Gasteiger charge is -2.27. The quantitative estimate of drug-likeness (QED) is 0.560. The lowest BCUT2D eigenvalue weighted by atomic mass is 9.77. The van der Waals surface area contributed by atoms with Gasteiger partial charge in [-0.25, -0.2) is 0 Å². The number of carboxylic acids is 1. The van der Waals surface area contributed by atoms with Gasteiger partial charge in [0, 0.05) is 0 Å². The van der Waals surface area contributed by atoms with Crippen molar-refractivity contribution in [3.8, 4) is 16.9 Å². The topological polar surface area (TPSA) is 46.5 Å². The first-order valence-corrected chi connectivity index (χ1v) is 10.3. The second-order valence-electron chi connectivity index (χ2n) is 9.18. The summed E-state index contributed by atoms with van der Waals surface area (Å²) in [7, 11) is 0. The Hall–Kier alpha value is -2.81. The molecule has 0 saturated carbocycles. The van der Waals surface area contributed by atoms with Gasteiger partial charge in [0.15, 0.2) is 0 Å². The summed E-state index contributed by atoms with van der Waals surface area (Å²) in [4.78, 5) is 12.4. The van der Waals surface area contributed by atoms with Crippen LogP contribution in [0.2, 0.25) is 0 Å². The summed E-state index contributed by atoms with van der Waals surface area (Å²) < 4.78 is 5.77. The third kappa shape index (κ3) is 4.00. The maximum absolute atomic E-state index is 12.4. The fraction of sp³-hybridized carbons (Fsp3) is 0.346. The van der Waals surface area contributed by atoms with Gasteiger partial charge >= 0.3 is 5.97 Å². The van der Waals surface area contributed by atoms with Gasteiger partial charge in [-0.05, 0) is 69.8 Å². The van der Waals surface area contributed by atoms with Crippen LogP contribution in [0.5, 0.6) is 5.75 Å². The smallest absolute Gasteiger partial charge is 0.311 e. The van der Waals surface area contributed by atoms with Crippen LogP contribution in [0.3, 0.4) is 0 Å². The predicted molar refractivity (Wildman–Crippen MR) is 118 cm³/mol. The van der Waals surface area contributed by atoms with E-state index >= 15 is 0 Å². The predicted octanol–water partition coefficient (Wildman–Crippen LogP) is 6.44. The van der Waals surface area contributed by atoms with E-state index in [9.17, 15) is 9.90 Å². The molecular weight excluding hydrogens is 360 g/mol. The van der Waals surface area contributed by atoms with Crippen LogP contribution in [0, 0.1) is 5.41 Å². The van der Waals surface area contributed by atoms with Crippen molar-refractivity contribution in [1.29, 1.82) is 0 Å². The molecule has 0 amide bonds. The molecule has 0 spiro atoms. The Labute approximate surface area is 172 Å². The maximum Gasteiger partial charge on any atom is 0.311 e. The van der Waals surface area contributed by atoms with E-state index in [1.165, 1.54) is 5.56 Å². The lowest BCUT2D eigenvalue weighted by molar-refractivity contribution is -0.139. The van der Waals surface area contributed by atoms with Gasteiger partial charge in [0.2, 0.25) is 0 Å². The number of rotatable bonds is 4. The Morgan fingerprint density at radius 2 is 1.90 bits per heavy atom. The molecule has 1 N–H and O–H groups in total. The lowest BCUT2D eigenvalue weighted by Crippen LogP contribution is -2.20. The van der Waals surface area contributed by atoms with Crippen molar-refractivity contribution in [2.75, 3.05) is 6.61 Å². The highest BCUT2D eigenvalue weighted by Crippen LogP contribution is 2.42. The molecule has 0 bridgehead atoms. The zero-order valence-electron chi connectivity index (χ0n) is 17.4. The third-order valence-corrected chi connectivity index (χ3v) is 5.65. The van der Waals surface area contributed by atoms with Gasteiger partial charge in [-0.1, -0.05) is 63.2 Å². The van der Waals surface area contributed by atoms with Crippen LogP contribution in [0.1, 0.15) is 50.7 Å². The Morgan fingerprint density at radius 3 is 2.66 bits per heavy atom. The summed E-state index contributed by atoms with van der Waals surface area (Å²) in [6, 6.07) is 18.6. The van der Waals surface area contributed by atoms with Crippen molar-refractivity contribution in [1.82, 2.24) is 0 Å². The molecule has 29 heavy (non-hydrogen) atoms. The minimum Gasteiger partial charge on any atom is -0.493 e. The molecule has 1 aliphatic heterocycles. The van der Waals surface area contributed by atoms with E-state index in [4.69, 9.17) is 4.74 Å². The minimum absolute atomic E-state index is 0.0963. The van der Waals surface area contributed by atoms with E-state index in [2.05, 4.69) is 51.1 Å². The highest BCUT2D eigenvalue weighted by Gasteiger charge is 2.30. The Bertz CT molecular complexity index is 1060. The first-order valence-electron chi connectivity index (χ1n) is 10.3. The number of benzene rings is 3. The number of aliphatic carboxylic acids is 1. The number of fused-ring (bicyclic) bond motifs is 2. The number of ether oxygens (including phenoxy) is 1. The van der Waals surface area contributed by atoms with Crippen LogP contribution >= 0.6 is 0 Å². The van der Waals surface area contributed by atoms with Gasteiger partial charge in [0.05, 0.1) is 12.5 Å². The second-order valence-corrected chi connectivity index (χ2v) is 9.18. The van der Waals surface area contributed by atoms with E-state index in [1.807, 2.05) is 24.3 Å². The standard InChI is InChI=1S/C26H28O3/c1-26(2,3)16-22(25(27)28)24-20-9-5-4-7-17(20)10-12-21(24)18-11-13-23-19(15-18)8-6-14-29-23/h4-5,7,9-13,15,22H,6,8,14,16H2,1-3H3,(H,27,28). The van der Waals surface area contributed by atoms with Gasteiger partial charge in [-0.15, -0.1) is 0 Å². The summed E-state index contributed by atoms with van der Waals surface area (Å²) in [6.07, 6.45) is 2.59. The number of aryl methyl sites for hydroxylation is 1. The van der Waals surface area contributed by atoms with Crippen molar-refractivity contribution >= 4 is 16.7 Å². The maximum atomic E-state index is 12.4. The molecule has 1 unspecified atom stereocenters. The van der Waals surface area contributed by atoms with Crippen molar-refractivity contribution in [2.45, 2.75) is 46.0 Å². The minimum atomic E-state index is -0.765. The first kappa shape index (κ1) is 19.5. The second kappa shape index (κ2) is 7.55. The molecule has 0 fully saturated rings. The van der Waals surface area contributed by atoms with Gasteiger partial charge in [0.1, 0.15) is 5.75 Å². The molecule has 3 aromatic carbocycles. The molecule has 3 nitrogen and oxygen atoms in total. The average molecular weight is 389 g/mol. The molecule has 150 valence electrons. The summed E-state index contributed by atoms with van der Waals surface area (Å²) in [5, 5.41) is 12.3. The average Bonchev–Trinajstić information content (AvgIpc) is 2.70. The van der Waals surface area contributed by atoms with Crippen LogP contribution in [-0.4, -0.2) is 17.7 Å². The first-order chi connectivity index (χ1) is 13.8. The number of hydrogen-bond acceptors (Lipinski definition) is 2. The SMILES string of the molecule is CC(C)(C)CC(C(=O)O)c1c(-c2ccc3c(c2)CCCO3)ccc2ccccc12. The number of hydrogen-bond donors (Lipinski definition) is 1. The number of carbonyl (C=O) groups is 1. The van der Waals surface area contributed by atoms with Crippen molar-refractivity contribution < 1.29 is 14.6 Å². The largest absolute Gasteiger partial charge is 0.493 e. The molecule has 0 saturated heterocycles. The van der Waals surface area contributed by atoms with Crippen LogP contribution in [-0.2, 0) is 11.2 Å². The highest BCUT2D eigenvalue weighted by molar-refractivity contribution is 5.96. The molecule has 3 heteroatoms. The zero-order valence-corrected chi connectivity index (χ0v) is 17.4. The van der Waals surface area contributed by atoms with Crippen molar-refractivity contribution in [3.05, 3.63) is 65.7 Å². The van der Waals surface area contributed by atoms with Crippen LogP contribution in [0.4, 0.5) is 0 Å². The summed E-state index contributed by atoms with van der Waals surface area (Å²) in [5.74, 6) is -0.381. The monoisotopic (exact) mass is 388 g/mol.